The van der Waals surface area contributed by atoms with Crippen molar-refractivity contribution in [3.8, 4) is 0 Å². The van der Waals surface area contributed by atoms with Crippen LogP contribution in [0.25, 0.3) is 0 Å². The van der Waals surface area contributed by atoms with Crippen molar-refractivity contribution in [1.82, 2.24) is 4.98 Å². The first-order valence-electron chi connectivity index (χ1n) is 7.96. The monoisotopic (exact) mass is 280 g/mol. The predicted molar refractivity (Wildman–Crippen MR) is 87.1 cm³/mol. The van der Waals surface area contributed by atoms with E-state index in [0.717, 1.165) is 0 Å². The fraction of sp³-hybridized carbons (Fsp3) is 0.421. The highest BCUT2D eigenvalue weighted by Gasteiger charge is 2.40. The molecule has 21 heavy (non-hydrogen) atoms. The van der Waals surface area contributed by atoms with Crippen LogP contribution in [0.1, 0.15) is 54.8 Å². The summed E-state index contributed by atoms with van der Waals surface area (Å²) in [6.07, 6.45) is 10.0. The fourth-order valence-electron chi connectivity index (χ4n) is 3.83. The third-order valence-corrected chi connectivity index (χ3v) is 5.10. The molecule has 2 aromatic rings. The lowest BCUT2D eigenvalue weighted by Crippen LogP contribution is -2.41. The minimum atomic E-state index is 0.0221. The standard InChI is InChI=1S/C19H24N2/c1-15-10-13-21-14-17(15)18(20)19(11-6-3-7-12-19)16-8-4-2-5-9-16/h2,4-5,8-10,13-14,18H,3,6-7,11-12,20H2,1H3. The molecule has 0 amide bonds. The van der Waals surface area contributed by atoms with E-state index in [4.69, 9.17) is 5.73 Å². The Kier molecular flexibility index (Phi) is 4.07. The normalized spacial score (nSPS) is 19.1. The van der Waals surface area contributed by atoms with Crippen LogP contribution in [0.2, 0.25) is 0 Å². The number of aromatic nitrogens is 1. The Hall–Kier alpha value is -1.67. The van der Waals surface area contributed by atoms with Gasteiger partial charge in [-0.05, 0) is 42.5 Å². The predicted octanol–water partition coefficient (Wildman–Crippen LogP) is 4.29. The number of aryl methyl sites for hydroxylation is 1. The van der Waals surface area contributed by atoms with Gasteiger partial charge in [0, 0.05) is 23.9 Å². The SMILES string of the molecule is Cc1ccncc1C(N)C1(c2ccccc2)CCCCC1. The molecule has 1 aromatic heterocycles. The van der Waals surface area contributed by atoms with Crippen molar-refractivity contribution in [3.05, 3.63) is 65.5 Å². The molecule has 2 nitrogen and oxygen atoms in total. The van der Waals surface area contributed by atoms with E-state index in [9.17, 15) is 0 Å². The van der Waals surface area contributed by atoms with Gasteiger partial charge in [-0.3, -0.25) is 4.98 Å². The first-order valence-corrected chi connectivity index (χ1v) is 7.96. The number of rotatable bonds is 3. The second-order valence-electron chi connectivity index (χ2n) is 6.29. The third-order valence-electron chi connectivity index (χ3n) is 5.10. The van der Waals surface area contributed by atoms with Crippen LogP contribution >= 0.6 is 0 Å². The minimum Gasteiger partial charge on any atom is -0.323 e. The maximum atomic E-state index is 6.80. The highest BCUT2D eigenvalue weighted by atomic mass is 14.7. The average molecular weight is 280 g/mol. The van der Waals surface area contributed by atoms with Gasteiger partial charge >= 0.3 is 0 Å². The molecule has 1 aliphatic carbocycles. The number of nitrogens with two attached hydrogens (primary N) is 1. The zero-order valence-electron chi connectivity index (χ0n) is 12.8. The van der Waals surface area contributed by atoms with Gasteiger partial charge in [0.25, 0.3) is 0 Å². The van der Waals surface area contributed by atoms with Crippen molar-refractivity contribution in [2.75, 3.05) is 0 Å². The van der Waals surface area contributed by atoms with Crippen LogP contribution in [-0.2, 0) is 5.41 Å². The van der Waals surface area contributed by atoms with E-state index >= 15 is 0 Å². The maximum absolute atomic E-state index is 6.80. The molecule has 0 saturated heterocycles. The van der Waals surface area contributed by atoms with Gasteiger partial charge < -0.3 is 5.73 Å². The lowest BCUT2D eigenvalue weighted by Gasteiger charge is -2.43. The molecule has 1 aromatic carbocycles. The fourth-order valence-corrected chi connectivity index (χ4v) is 3.83. The Morgan fingerprint density at radius 3 is 2.43 bits per heavy atom. The van der Waals surface area contributed by atoms with Crippen LogP contribution < -0.4 is 5.73 Å². The summed E-state index contributed by atoms with van der Waals surface area (Å²) in [5, 5.41) is 0. The first-order chi connectivity index (χ1) is 10.2. The Bertz CT molecular complexity index is 586. The van der Waals surface area contributed by atoms with Crippen molar-refractivity contribution in [2.45, 2.75) is 50.5 Å². The third kappa shape index (κ3) is 2.60. The van der Waals surface area contributed by atoms with Crippen molar-refractivity contribution in [3.63, 3.8) is 0 Å². The van der Waals surface area contributed by atoms with Gasteiger partial charge in [-0.2, -0.15) is 0 Å². The summed E-state index contributed by atoms with van der Waals surface area (Å²) in [5.74, 6) is 0. The van der Waals surface area contributed by atoms with Gasteiger partial charge in [-0.1, -0.05) is 49.6 Å². The molecule has 2 N–H and O–H groups in total. The second-order valence-corrected chi connectivity index (χ2v) is 6.29. The molecule has 0 bridgehead atoms. The molecule has 0 spiro atoms. The van der Waals surface area contributed by atoms with Gasteiger partial charge in [0.2, 0.25) is 0 Å². The summed E-state index contributed by atoms with van der Waals surface area (Å²) < 4.78 is 0. The second kappa shape index (κ2) is 5.98. The van der Waals surface area contributed by atoms with E-state index in [0.29, 0.717) is 0 Å². The van der Waals surface area contributed by atoms with Crippen molar-refractivity contribution in [1.29, 1.82) is 0 Å². The summed E-state index contributed by atoms with van der Waals surface area (Å²) in [6.45, 7) is 2.14. The smallest absolute Gasteiger partial charge is 0.0411 e. The first kappa shape index (κ1) is 14.3. The molecule has 1 fully saturated rings. The van der Waals surface area contributed by atoms with Crippen LogP contribution in [0.4, 0.5) is 0 Å². The minimum absolute atomic E-state index is 0.0221. The van der Waals surface area contributed by atoms with Gasteiger partial charge in [0.15, 0.2) is 0 Å². The number of pyridine rings is 1. The topological polar surface area (TPSA) is 38.9 Å². The summed E-state index contributed by atoms with van der Waals surface area (Å²) in [5.41, 5.74) is 10.7. The number of benzene rings is 1. The zero-order chi connectivity index (χ0) is 14.7. The largest absolute Gasteiger partial charge is 0.323 e. The average Bonchev–Trinajstić information content (AvgIpc) is 2.56. The number of hydrogen-bond donors (Lipinski definition) is 1. The highest BCUT2D eigenvalue weighted by molar-refractivity contribution is 5.35. The summed E-state index contributed by atoms with van der Waals surface area (Å²) in [6, 6.07) is 12.9. The van der Waals surface area contributed by atoms with Gasteiger partial charge in [0.1, 0.15) is 0 Å². The molecule has 0 radical (unpaired) electrons. The van der Waals surface area contributed by atoms with Crippen LogP contribution in [0.3, 0.4) is 0 Å². The van der Waals surface area contributed by atoms with E-state index in [1.807, 2.05) is 12.4 Å². The molecule has 110 valence electrons. The van der Waals surface area contributed by atoms with Crippen molar-refractivity contribution < 1.29 is 0 Å². The maximum Gasteiger partial charge on any atom is 0.0411 e. The molecular weight excluding hydrogens is 256 g/mol. The summed E-state index contributed by atoms with van der Waals surface area (Å²) >= 11 is 0. The van der Waals surface area contributed by atoms with E-state index in [1.54, 1.807) is 0 Å². The molecular formula is C19H24N2. The van der Waals surface area contributed by atoms with E-state index in [2.05, 4.69) is 48.3 Å². The Morgan fingerprint density at radius 2 is 1.76 bits per heavy atom. The Labute approximate surface area is 127 Å². The van der Waals surface area contributed by atoms with Gasteiger partial charge in [-0.25, -0.2) is 0 Å². The van der Waals surface area contributed by atoms with Crippen molar-refractivity contribution >= 4 is 0 Å². The highest BCUT2D eigenvalue weighted by Crippen LogP contribution is 2.47. The molecule has 0 aliphatic heterocycles. The molecule has 1 saturated carbocycles. The number of nitrogens with zero attached hydrogens (tertiary/aromatic N) is 1. The lowest BCUT2D eigenvalue weighted by atomic mass is 9.63. The summed E-state index contributed by atoms with van der Waals surface area (Å²) in [4.78, 5) is 4.31. The molecule has 2 heteroatoms. The Balaban J connectivity index is 2.06. The van der Waals surface area contributed by atoms with E-state index in [1.165, 1.54) is 48.8 Å². The van der Waals surface area contributed by atoms with Crippen LogP contribution in [0, 0.1) is 6.92 Å². The quantitative estimate of drug-likeness (QED) is 0.910. The zero-order valence-corrected chi connectivity index (χ0v) is 12.8. The lowest BCUT2D eigenvalue weighted by molar-refractivity contribution is 0.243. The van der Waals surface area contributed by atoms with Crippen LogP contribution in [0.15, 0.2) is 48.8 Å². The van der Waals surface area contributed by atoms with E-state index in [-0.39, 0.29) is 11.5 Å². The molecule has 1 unspecified atom stereocenters. The number of hydrogen-bond acceptors (Lipinski definition) is 2. The molecule has 1 atom stereocenters. The molecule has 1 heterocycles. The van der Waals surface area contributed by atoms with Gasteiger partial charge in [0.05, 0.1) is 0 Å². The molecule has 3 rings (SSSR count). The summed E-state index contributed by atoms with van der Waals surface area (Å²) in [7, 11) is 0. The van der Waals surface area contributed by atoms with Crippen LogP contribution in [0.5, 0.6) is 0 Å². The van der Waals surface area contributed by atoms with Gasteiger partial charge in [-0.15, -0.1) is 0 Å². The van der Waals surface area contributed by atoms with E-state index < -0.39 is 0 Å². The molecule has 1 aliphatic rings. The van der Waals surface area contributed by atoms with Crippen LogP contribution in [-0.4, -0.2) is 4.98 Å². The Morgan fingerprint density at radius 1 is 1.05 bits per heavy atom. The van der Waals surface area contributed by atoms with Crippen molar-refractivity contribution in [2.24, 2.45) is 5.73 Å².